The van der Waals surface area contributed by atoms with E-state index in [1.54, 1.807) is 6.07 Å². The zero-order chi connectivity index (χ0) is 14.0. The third kappa shape index (κ3) is 3.07. The van der Waals surface area contributed by atoms with Crippen molar-refractivity contribution in [3.63, 3.8) is 0 Å². The summed E-state index contributed by atoms with van der Waals surface area (Å²) in [6, 6.07) is 5.13. The van der Waals surface area contributed by atoms with E-state index in [9.17, 15) is 9.59 Å². The maximum Gasteiger partial charge on any atom is 0.319 e. The van der Waals surface area contributed by atoms with Crippen molar-refractivity contribution in [3.05, 3.63) is 28.2 Å². The van der Waals surface area contributed by atoms with Gasteiger partial charge in [0.25, 0.3) is 0 Å². The molecular weight excluding hydrogens is 312 g/mol. The van der Waals surface area contributed by atoms with Crippen molar-refractivity contribution in [1.29, 1.82) is 0 Å². The number of carboxylic acid groups (broad SMARTS) is 1. The smallest absolute Gasteiger partial charge is 0.319 e. The molecule has 0 aliphatic heterocycles. The van der Waals surface area contributed by atoms with Gasteiger partial charge in [0.05, 0.1) is 5.41 Å². The summed E-state index contributed by atoms with van der Waals surface area (Å²) >= 11 is 3.39. The van der Waals surface area contributed by atoms with Crippen LogP contribution in [0.4, 0.5) is 10.5 Å². The number of carbonyl (C=O) groups is 2. The molecule has 102 valence electrons. The standard InChI is InChI=1S/C13H15BrN2O3/c1-8-9(14)3-2-4-10(8)16-12(19)15-7-13(5-6-13)11(17)18/h2-4H,5-7H2,1H3,(H,17,18)(H2,15,16,19). The molecule has 5 nitrogen and oxygen atoms in total. The third-order valence-electron chi connectivity index (χ3n) is 3.41. The summed E-state index contributed by atoms with van der Waals surface area (Å²) in [7, 11) is 0. The Kier molecular flexibility index (Phi) is 3.80. The largest absolute Gasteiger partial charge is 0.481 e. The summed E-state index contributed by atoms with van der Waals surface area (Å²) in [5, 5.41) is 14.3. The number of rotatable bonds is 4. The number of aliphatic carboxylic acids is 1. The van der Waals surface area contributed by atoms with Gasteiger partial charge < -0.3 is 15.7 Å². The summed E-state index contributed by atoms with van der Waals surface area (Å²) in [4.78, 5) is 22.7. The molecule has 3 N–H and O–H groups in total. The van der Waals surface area contributed by atoms with Crippen molar-refractivity contribution in [1.82, 2.24) is 5.32 Å². The van der Waals surface area contributed by atoms with Crippen LogP contribution in [-0.2, 0) is 4.79 Å². The molecule has 0 radical (unpaired) electrons. The lowest BCUT2D eigenvalue weighted by molar-refractivity contribution is -0.143. The number of urea groups is 1. The SMILES string of the molecule is Cc1c(Br)cccc1NC(=O)NCC1(C(=O)O)CC1. The van der Waals surface area contributed by atoms with E-state index in [0.717, 1.165) is 10.0 Å². The highest BCUT2D eigenvalue weighted by Crippen LogP contribution is 2.45. The van der Waals surface area contributed by atoms with Crippen molar-refractivity contribution in [2.75, 3.05) is 11.9 Å². The van der Waals surface area contributed by atoms with Crippen LogP contribution >= 0.6 is 15.9 Å². The topological polar surface area (TPSA) is 78.4 Å². The second-order valence-electron chi connectivity index (χ2n) is 4.81. The zero-order valence-corrected chi connectivity index (χ0v) is 12.1. The Bertz CT molecular complexity index is 527. The Morgan fingerprint density at radius 2 is 2.11 bits per heavy atom. The van der Waals surface area contributed by atoms with Crippen LogP contribution in [0.5, 0.6) is 0 Å². The monoisotopic (exact) mass is 326 g/mol. The van der Waals surface area contributed by atoms with Crippen molar-refractivity contribution in [2.45, 2.75) is 19.8 Å². The minimum atomic E-state index is -0.841. The lowest BCUT2D eigenvalue weighted by Crippen LogP contribution is -2.36. The molecule has 6 heteroatoms. The van der Waals surface area contributed by atoms with Gasteiger partial charge in [-0.1, -0.05) is 22.0 Å². The van der Waals surface area contributed by atoms with Crippen molar-refractivity contribution in [2.24, 2.45) is 5.41 Å². The first kappa shape index (κ1) is 13.9. The molecule has 2 rings (SSSR count). The average Bonchev–Trinajstić information content (AvgIpc) is 3.14. The number of hydrogen-bond acceptors (Lipinski definition) is 2. The maximum atomic E-state index is 11.7. The van der Waals surface area contributed by atoms with Crippen LogP contribution in [0.3, 0.4) is 0 Å². The molecule has 0 aromatic heterocycles. The van der Waals surface area contributed by atoms with E-state index in [-0.39, 0.29) is 12.6 Å². The van der Waals surface area contributed by atoms with Gasteiger partial charge in [0.15, 0.2) is 0 Å². The number of benzene rings is 1. The molecule has 1 aliphatic carbocycles. The van der Waals surface area contributed by atoms with Gasteiger partial charge in [0, 0.05) is 16.7 Å². The zero-order valence-electron chi connectivity index (χ0n) is 10.5. The number of carbonyl (C=O) groups excluding carboxylic acids is 1. The molecule has 1 aliphatic rings. The highest BCUT2D eigenvalue weighted by atomic mass is 79.9. The van der Waals surface area contributed by atoms with E-state index in [1.165, 1.54) is 0 Å². The molecule has 1 saturated carbocycles. The maximum absolute atomic E-state index is 11.7. The Morgan fingerprint density at radius 3 is 2.68 bits per heavy atom. The molecule has 0 bridgehead atoms. The Labute approximate surface area is 119 Å². The normalized spacial score (nSPS) is 15.7. The molecule has 0 saturated heterocycles. The molecule has 0 spiro atoms. The van der Waals surface area contributed by atoms with Gasteiger partial charge in [-0.2, -0.15) is 0 Å². The number of anilines is 1. The Hall–Kier alpha value is -1.56. The second kappa shape index (κ2) is 5.21. The van der Waals surface area contributed by atoms with Gasteiger partial charge in [-0.25, -0.2) is 4.79 Å². The molecule has 1 aromatic carbocycles. The number of carboxylic acids is 1. The van der Waals surface area contributed by atoms with Crippen molar-refractivity contribution in [3.8, 4) is 0 Å². The highest BCUT2D eigenvalue weighted by molar-refractivity contribution is 9.10. The first-order valence-electron chi connectivity index (χ1n) is 5.98. The lowest BCUT2D eigenvalue weighted by atomic mass is 10.1. The Balaban J connectivity index is 1.91. The van der Waals surface area contributed by atoms with E-state index in [4.69, 9.17) is 5.11 Å². The van der Waals surface area contributed by atoms with Gasteiger partial charge in [-0.05, 0) is 37.5 Å². The lowest BCUT2D eigenvalue weighted by Gasteiger charge is -2.13. The van der Waals surface area contributed by atoms with Crippen LogP contribution in [-0.4, -0.2) is 23.7 Å². The van der Waals surface area contributed by atoms with Gasteiger partial charge in [0.2, 0.25) is 0 Å². The first-order valence-corrected chi connectivity index (χ1v) is 6.77. The van der Waals surface area contributed by atoms with Crippen LogP contribution in [0.15, 0.2) is 22.7 Å². The summed E-state index contributed by atoms with van der Waals surface area (Å²) in [6.07, 6.45) is 1.25. The number of halogens is 1. The van der Waals surface area contributed by atoms with E-state index in [2.05, 4.69) is 26.6 Å². The van der Waals surface area contributed by atoms with Gasteiger partial charge >= 0.3 is 12.0 Å². The fourth-order valence-electron chi connectivity index (χ4n) is 1.78. The van der Waals surface area contributed by atoms with E-state index in [0.29, 0.717) is 18.5 Å². The molecule has 0 heterocycles. The molecule has 1 fully saturated rings. The van der Waals surface area contributed by atoms with E-state index < -0.39 is 11.4 Å². The number of nitrogens with one attached hydrogen (secondary N) is 2. The number of amides is 2. The quantitative estimate of drug-likeness (QED) is 0.796. The molecular formula is C13H15BrN2O3. The van der Waals surface area contributed by atoms with Crippen LogP contribution in [0.25, 0.3) is 0 Å². The summed E-state index contributed by atoms with van der Waals surface area (Å²) in [6.45, 7) is 2.06. The summed E-state index contributed by atoms with van der Waals surface area (Å²) in [5.74, 6) is -0.841. The number of hydrogen-bond donors (Lipinski definition) is 3. The first-order chi connectivity index (χ1) is 8.94. The van der Waals surface area contributed by atoms with E-state index >= 15 is 0 Å². The predicted molar refractivity (Wildman–Crippen MR) is 75.2 cm³/mol. The molecule has 1 aromatic rings. The minimum absolute atomic E-state index is 0.168. The summed E-state index contributed by atoms with van der Waals surface area (Å²) in [5.41, 5.74) is 0.882. The molecule has 0 atom stereocenters. The van der Waals surface area contributed by atoms with Crippen LogP contribution in [0.2, 0.25) is 0 Å². The van der Waals surface area contributed by atoms with Crippen LogP contribution in [0, 0.1) is 12.3 Å². The average molecular weight is 327 g/mol. The van der Waals surface area contributed by atoms with Gasteiger partial charge in [0.1, 0.15) is 0 Å². The molecule has 2 amide bonds. The van der Waals surface area contributed by atoms with Gasteiger partial charge in [-0.3, -0.25) is 4.79 Å². The molecule has 19 heavy (non-hydrogen) atoms. The fourth-order valence-corrected chi connectivity index (χ4v) is 2.14. The molecule has 0 unspecified atom stereocenters. The minimum Gasteiger partial charge on any atom is -0.481 e. The van der Waals surface area contributed by atoms with Crippen LogP contribution < -0.4 is 10.6 Å². The van der Waals surface area contributed by atoms with Crippen molar-refractivity contribution < 1.29 is 14.7 Å². The van der Waals surface area contributed by atoms with Crippen LogP contribution in [0.1, 0.15) is 18.4 Å². The third-order valence-corrected chi connectivity index (χ3v) is 4.27. The predicted octanol–water partition coefficient (Wildman–Crippen LogP) is 2.74. The van der Waals surface area contributed by atoms with Crippen molar-refractivity contribution >= 4 is 33.6 Å². The summed E-state index contributed by atoms with van der Waals surface area (Å²) < 4.78 is 0.912. The Morgan fingerprint density at radius 1 is 1.42 bits per heavy atom. The second-order valence-corrected chi connectivity index (χ2v) is 5.66. The van der Waals surface area contributed by atoms with Gasteiger partial charge in [-0.15, -0.1) is 0 Å². The fraction of sp³-hybridized carbons (Fsp3) is 0.385. The van der Waals surface area contributed by atoms with E-state index in [1.807, 2.05) is 19.1 Å². The highest BCUT2D eigenvalue weighted by Gasteiger charge is 2.50.